The Labute approximate surface area is 158 Å². The van der Waals surface area contributed by atoms with Crippen molar-refractivity contribution in [2.75, 3.05) is 0 Å². The van der Waals surface area contributed by atoms with E-state index in [0.29, 0.717) is 16.6 Å². The van der Waals surface area contributed by atoms with Crippen molar-refractivity contribution in [2.24, 2.45) is 0 Å². The number of halogens is 1. The molecule has 0 saturated heterocycles. The number of benzene rings is 2. The summed E-state index contributed by atoms with van der Waals surface area (Å²) < 4.78 is 9.14. The van der Waals surface area contributed by atoms with Gasteiger partial charge in [-0.05, 0) is 30.3 Å². The molecular weight excluding hydrogens is 364 g/mol. The van der Waals surface area contributed by atoms with Gasteiger partial charge in [0.2, 0.25) is 5.82 Å². The van der Waals surface area contributed by atoms with Crippen LogP contribution in [0.3, 0.4) is 0 Å². The van der Waals surface area contributed by atoms with Crippen molar-refractivity contribution in [1.29, 1.82) is 0 Å². The van der Waals surface area contributed by atoms with Gasteiger partial charge in [-0.3, -0.25) is 0 Å². The summed E-state index contributed by atoms with van der Waals surface area (Å²) in [4.78, 5) is 9.10. The highest BCUT2D eigenvalue weighted by Gasteiger charge is 2.14. The Balaban J connectivity index is 1.51. The van der Waals surface area contributed by atoms with Crippen LogP contribution in [0.1, 0.15) is 0 Å². The van der Waals surface area contributed by atoms with Crippen LogP contribution >= 0.6 is 11.6 Å². The maximum atomic E-state index is 6.14. The van der Waals surface area contributed by atoms with Gasteiger partial charge in [0, 0.05) is 11.6 Å². The summed E-state index contributed by atoms with van der Waals surface area (Å²) in [6.45, 7) is 0.195. The van der Waals surface area contributed by atoms with Crippen molar-refractivity contribution in [3.8, 4) is 17.3 Å². The van der Waals surface area contributed by atoms with Crippen LogP contribution in [0.25, 0.3) is 28.1 Å². The standard InChI is InChI=1S/C19H13ClN6O/c20-14-6-2-4-8-17(14)27-12-26-16(9-10-22-26)18-23-19-13-5-1-3-7-15(13)21-11-25(19)24-18/h1-11H,12H2. The third-order valence-electron chi connectivity index (χ3n) is 4.21. The Bertz CT molecular complexity index is 1260. The summed E-state index contributed by atoms with van der Waals surface area (Å²) in [5, 5.41) is 10.3. The van der Waals surface area contributed by atoms with Crippen LogP contribution in [-0.2, 0) is 6.73 Å². The number of ether oxygens (including phenoxy) is 1. The molecule has 0 spiro atoms. The molecule has 0 aliphatic carbocycles. The van der Waals surface area contributed by atoms with E-state index in [4.69, 9.17) is 16.3 Å². The van der Waals surface area contributed by atoms with Gasteiger partial charge in [0.05, 0.1) is 10.5 Å². The molecule has 7 nitrogen and oxygen atoms in total. The number of rotatable bonds is 4. The molecule has 0 unspecified atom stereocenters. The zero-order valence-corrected chi connectivity index (χ0v) is 14.8. The number of hydrogen-bond donors (Lipinski definition) is 0. The van der Waals surface area contributed by atoms with E-state index < -0.39 is 0 Å². The first-order valence-electron chi connectivity index (χ1n) is 8.29. The lowest BCUT2D eigenvalue weighted by Crippen LogP contribution is -2.09. The van der Waals surface area contributed by atoms with Crippen LogP contribution in [0, 0.1) is 0 Å². The Kier molecular flexibility index (Phi) is 3.72. The predicted octanol–water partition coefficient (Wildman–Crippen LogP) is 3.83. The fourth-order valence-electron chi connectivity index (χ4n) is 2.91. The molecule has 0 aliphatic rings. The topological polar surface area (TPSA) is 70.1 Å². The molecule has 3 aromatic heterocycles. The molecule has 0 saturated carbocycles. The van der Waals surface area contributed by atoms with E-state index in [-0.39, 0.29) is 6.73 Å². The quantitative estimate of drug-likeness (QED) is 0.476. The van der Waals surface area contributed by atoms with Gasteiger partial charge in [0.15, 0.2) is 12.4 Å². The summed E-state index contributed by atoms with van der Waals surface area (Å²) in [6.07, 6.45) is 3.35. The second kappa shape index (κ2) is 6.37. The number of fused-ring (bicyclic) bond motifs is 3. The second-order valence-electron chi connectivity index (χ2n) is 5.89. The summed E-state index contributed by atoms with van der Waals surface area (Å²) in [6, 6.07) is 17.0. The largest absolute Gasteiger partial charge is 0.470 e. The molecule has 8 heteroatoms. The summed E-state index contributed by atoms with van der Waals surface area (Å²) >= 11 is 6.14. The van der Waals surface area contributed by atoms with Crippen molar-refractivity contribution in [2.45, 2.75) is 6.73 Å². The van der Waals surface area contributed by atoms with Crippen molar-refractivity contribution in [3.05, 3.63) is 72.1 Å². The average Bonchev–Trinajstić information content (AvgIpc) is 3.34. The van der Waals surface area contributed by atoms with Crippen molar-refractivity contribution in [1.82, 2.24) is 29.4 Å². The molecule has 132 valence electrons. The minimum absolute atomic E-state index is 0.195. The molecule has 0 radical (unpaired) electrons. The first kappa shape index (κ1) is 15.8. The minimum atomic E-state index is 0.195. The first-order chi connectivity index (χ1) is 13.3. The van der Waals surface area contributed by atoms with Gasteiger partial charge in [0.25, 0.3) is 0 Å². The van der Waals surface area contributed by atoms with Crippen LogP contribution in [-0.4, -0.2) is 29.4 Å². The van der Waals surface area contributed by atoms with Crippen molar-refractivity contribution in [3.63, 3.8) is 0 Å². The predicted molar refractivity (Wildman–Crippen MR) is 102 cm³/mol. The molecule has 0 bridgehead atoms. The summed E-state index contributed by atoms with van der Waals surface area (Å²) in [5.41, 5.74) is 2.37. The van der Waals surface area contributed by atoms with Gasteiger partial charge in [-0.1, -0.05) is 35.9 Å². The highest BCUT2D eigenvalue weighted by atomic mass is 35.5. The van der Waals surface area contributed by atoms with E-state index in [1.54, 1.807) is 27.8 Å². The monoisotopic (exact) mass is 376 g/mol. The van der Waals surface area contributed by atoms with E-state index >= 15 is 0 Å². The first-order valence-corrected chi connectivity index (χ1v) is 8.67. The third-order valence-corrected chi connectivity index (χ3v) is 4.52. The van der Waals surface area contributed by atoms with Crippen LogP contribution in [0.15, 0.2) is 67.1 Å². The lowest BCUT2D eigenvalue weighted by atomic mass is 10.2. The fraction of sp³-hybridized carbons (Fsp3) is 0.0526. The molecule has 0 fully saturated rings. The van der Waals surface area contributed by atoms with E-state index in [0.717, 1.165) is 22.2 Å². The van der Waals surface area contributed by atoms with Gasteiger partial charge >= 0.3 is 0 Å². The van der Waals surface area contributed by atoms with Gasteiger partial charge in [0.1, 0.15) is 17.8 Å². The number of para-hydroxylation sites is 2. The molecule has 0 amide bonds. The zero-order valence-electron chi connectivity index (χ0n) is 14.0. The van der Waals surface area contributed by atoms with Gasteiger partial charge < -0.3 is 4.74 Å². The van der Waals surface area contributed by atoms with Crippen LogP contribution in [0.4, 0.5) is 0 Å². The summed E-state index contributed by atoms with van der Waals surface area (Å²) in [7, 11) is 0. The Morgan fingerprint density at radius 3 is 2.78 bits per heavy atom. The van der Waals surface area contributed by atoms with Crippen LogP contribution in [0.2, 0.25) is 5.02 Å². The molecule has 2 aromatic carbocycles. The van der Waals surface area contributed by atoms with E-state index in [1.165, 1.54) is 0 Å². The fourth-order valence-corrected chi connectivity index (χ4v) is 3.10. The molecule has 5 rings (SSSR count). The third kappa shape index (κ3) is 2.78. The number of aromatic nitrogens is 6. The van der Waals surface area contributed by atoms with Crippen LogP contribution < -0.4 is 4.74 Å². The van der Waals surface area contributed by atoms with E-state index in [9.17, 15) is 0 Å². The summed E-state index contributed by atoms with van der Waals surface area (Å²) in [5.74, 6) is 1.15. The van der Waals surface area contributed by atoms with E-state index in [2.05, 4.69) is 20.2 Å². The molecule has 5 aromatic rings. The molecular formula is C19H13ClN6O. The van der Waals surface area contributed by atoms with Crippen LogP contribution in [0.5, 0.6) is 5.75 Å². The van der Waals surface area contributed by atoms with Crippen molar-refractivity contribution >= 4 is 28.2 Å². The lowest BCUT2D eigenvalue weighted by molar-refractivity contribution is 0.223. The Morgan fingerprint density at radius 2 is 1.85 bits per heavy atom. The zero-order chi connectivity index (χ0) is 18.2. The number of nitrogens with zero attached hydrogens (tertiary/aromatic N) is 6. The average molecular weight is 377 g/mol. The Hall–Kier alpha value is -3.45. The van der Waals surface area contributed by atoms with Crippen molar-refractivity contribution < 1.29 is 4.74 Å². The van der Waals surface area contributed by atoms with Gasteiger partial charge in [-0.2, -0.15) is 5.10 Å². The number of hydrogen-bond acceptors (Lipinski definition) is 5. The smallest absolute Gasteiger partial charge is 0.200 e. The maximum Gasteiger partial charge on any atom is 0.200 e. The van der Waals surface area contributed by atoms with Gasteiger partial charge in [-0.15, -0.1) is 5.10 Å². The second-order valence-corrected chi connectivity index (χ2v) is 6.29. The molecule has 0 atom stereocenters. The highest BCUT2D eigenvalue weighted by molar-refractivity contribution is 6.32. The molecule has 27 heavy (non-hydrogen) atoms. The highest BCUT2D eigenvalue weighted by Crippen LogP contribution is 2.25. The lowest BCUT2D eigenvalue weighted by Gasteiger charge is -2.09. The minimum Gasteiger partial charge on any atom is -0.470 e. The maximum absolute atomic E-state index is 6.14. The normalized spacial score (nSPS) is 11.3. The van der Waals surface area contributed by atoms with E-state index in [1.807, 2.05) is 48.5 Å². The molecule has 0 aliphatic heterocycles. The molecule has 3 heterocycles. The molecule has 0 N–H and O–H groups in total. The van der Waals surface area contributed by atoms with Gasteiger partial charge in [-0.25, -0.2) is 19.2 Å². The SMILES string of the molecule is Clc1ccccc1OCn1nccc1-c1nc2c3ccccc3ncn2n1. The Morgan fingerprint density at radius 1 is 1.00 bits per heavy atom.